The number of amides is 2. The van der Waals surface area contributed by atoms with E-state index in [2.05, 4.69) is 20.6 Å². The van der Waals surface area contributed by atoms with Crippen molar-refractivity contribution in [1.29, 1.82) is 0 Å². The third-order valence-electron chi connectivity index (χ3n) is 3.36. The number of carbonyl (C=O) groups excluding carboxylic acids is 1. The average Bonchev–Trinajstić information content (AvgIpc) is 3.07. The van der Waals surface area contributed by atoms with Crippen molar-refractivity contribution in [2.24, 2.45) is 0 Å². The summed E-state index contributed by atoms with van der Waals surface area (Å²) in [6.45, 7) is 1.13. The molecule has 0 saturated heterocycles. The minimum Gasteiger partial charge on any atom is -0.334 e. The number of rotatable bonds is 5. The number of anilines is 1. The van der Waals surface area contributed by atoms with E-state index in [1.54, 1.807) is 12.5 Å². The summed E-state index contributed by atoms with van der Waals surface area (Å²) < 4.78 is 15.0. The van der Waals surface area contributed by atoms with Crippen LogP contribution in [0.1, 0.15) is 11.1 Å². The highest BCUT2D eigenvalue weighted by molar-refractivity contribution is 5.88. The summed E-state index contributed by atoms with van der Waals surface area (Å²) in [6.07, 6.45) is 7.87. The standard InChI is InChI=1S/C17H16FN5O/c18-15-7-16(10-20-9-15)22-17(24)21-8-13-1-3-14(4-2-13)11-23-6-5-19-12-23/h1-7,9-10,12H,8,11H2,(H2,21,22,24). The molecule has 0 radical (unpaired) electrons. The largest absolute Gasteiger partial charge is 0.334 e. The van der Waals surface area contributed by atoms with Crippen LogP contribution in [0.3, 0.4) is 0 Å². The number of nitrogens with one attached hydrogen (secondary N) is 2. The quantitative estimate of drug-likeness (QED) is 0.758. The molecule has 0 fully saturated rings. The molecular weight excluding hydrogens is 309 g/mol. The number of halogens is 1. The number of imidazole rings is 1. The van der Waals surface area contributed by atoms with Gasteiger partial charge in [-0.15, -0.1) is 0 Å². The maximum Gasteiger partial charge on any atom is 0.319 e. The van der Waals surface area contributed by atoms with E-state index < -0.39 is 11.8 Å². The van der Waals surface area contributed by atoms with E-state index in [1.165, 1.54) is 12.3 Å². The minimum atomic E-state index is -0.499. The van der Waals surface area contributed by atoms with E-state index in [0.29, 0.717) is 12.2 Å². The lowest BCUT2D eigenvalue weighted by Crippen LogP contribution is -2.28. The molecule has 0 aliphatic rings. The van der Waals surface area contributed by atoms with Crippen LogP contribution in [0.4, 0.5) is 14.9 Å². The molecule has 7 heteroatoms. The Morgan fingerprint density at radius 2 is 1.92 bits per heavy atom. The van der Waals surface area contributed by atoms with E-state index >= 15 is 0 Å². The van der Waals surface area contributed by atoms with Gasteiger partial charge in [0.05, 0.1) is 24.4 Å². The second-order valence-corrected chi connectivity index (χ2v) is 5.25. The zero-order valence-corrected chi connectivity index (χ0v) is 12.8. The summed E-state index contributed by atoms with van der Waals surface area (Å²) in [5, 5.41) is 5.25. The van der Waals surface area contributed by atoms with Crippen molar-refractivity contribution >= 4 is 11.7 Å². The fourth-order valence-corrected chi connectivity index (χ4v) is 2.19. The molecular formula is C17H16FN5O. The Kier molecular flexibility index (Phi) is 4.81. The highest BCUT2D eigenvalue weighted by atomic mass is 19.1. The summed E-state index contributed by atoms with van der Waals surface area (Å²) in [6, 6.07) is 8.71. The molecule has 0 aliphatic carbocycles. The molecule has 2 amide bonds. The Morgan fingerprint density at radius 1 is 1.12 bits per heavy atom. The maximum atomic E-state index is 13.0. The molecule has 122 valence electrons. The maximum absolute atomic E-state index is 13.0. The highest BCUT2D eigenvalue weighted by Crippen LogP contribution is 2.08. The lowest BCUT2D eigenvalue weighted by molar-refractivity contribution is 0.251. The molecule has 0 aliphatic heterocycles. The lowest BCUT2D eigenvalue weighted by atomic mass is 10.1. The van der Waals surface area contributed by atoms with Crippen molar-refractivity contribution in [2.75, 3.05) is 5.32 Å². The van der Waals surface area contributed by atoms with Crippen LogP contribution >= 0.6 is 0 Å². The van der Waals surface area contributed by atoms with Gasteiger partial charge in [0.15, 0.2) is 0 Å². The zero-order chi connectivity index (χ0) is 16.8. The molecule has 24 heavy (non-hydrogen) atoms. The van der Waals surface area contributed by atoms with Gasteiger partial charge in [0.2, 0.25) is 0 Å². The fraction of sp³-hybridized carbons (Fsp3) is 0.118. The number of hydrogen-bond acceptors (Lipinski definition) is 3. The topological polar surface area (TPSA) is 71.8 Å². The van der Waals surface area contributed by atoms with Crippen LogP contribution in [0, 0.1) is 5.82 Å². The van der Waals surface area contributed by atoms with Crippen LogP contribution in [0.15, 0.2) is 61.4 Å². The van der Waals surface area contributed by atoms with Gasteiger partial charge >= 0.3 is 6.03 Å². The number of carbonyl (C=O) groups is 1. The summed E-state index contributed by atoms with van der Waals surface area (Å²) in [7, 11) is 0. The third-order valence-corrected chi connectivity index (χ3v) is 3.36. The van der Waals surface area contributed by atoms with Crippen LogP contribution in [0.5, 0.6) is 0 Å². The Labute approximate surface area is 138 Å². The first-order valence-electron chi connectivity index (χ1n) is 7.38. The second kappa shape index (κ2) is 7.36. The number of hydrogen-bond donors (Lipinski definition) is 2. The predicted molar refractivity (Wildman–Crippen MR) is 87.8 cm³/mol. The Hall–Kier alpha value is -3.22. The van der Waals surface area contributed by atoms with Crippen LogP contribution in [-0.4, -0.2) is 20.6 Å². The normalized spacial score (nSPS) is 10.4. The lowest BCUT2D eigenvalue weighted by Gasteiger charge is -2.08. The molecule has 0 saturated carbocycles. The molecule has 2 aromatic heterocycles. The van der Waals surface area contributed by atoms with Gasteiger partial charge in [-0.1, -0.05) is 24.3 Å². The predicted octanol–water partition coefficient (Wildman–Crippen LogP) is 2.79. The fourth-order valence-electron chi connectivity index (χ4n) is 2.19. The summed E-state index contributed by atoms with van der Waals surface area (Å²) >= 11 is 0. The van der Waals surface area contributed by atoms with Crippen molar-refractivity contribution in [3.05, 3.63) is 78.4 Å². The molecule has 3 rings (SSSR count). The van der Waals surface area contributed by atoms with E-state index in [1.807, 2.05) is 35.0 Å². The minimum absolute atomic E-state index is 0.309. The molecule has 0 bridgehead atoms. The zero-order valence-electron chi connectivity index (χ0n) is 12.8. The Morgan fingerprint density at radius 3 is 2.62 bits per heavy atom. The number of nitrogens with zero attached hydrogens (tertiary/aromatic N) is 3. The van der Waals surface area contributed by atoms with Gasteiger partial charge in [-0.25, -0.2) is 14.2 Å². The third kappa shape index (κ3) is 4.39. The number of aromatic nitrogens is 3. The monoisotopic (exact) mass is 325 g/mol. The number of benzene rings is 1. The van der Waals surface area contributed by atoms with Crippen LogP contribution < -0.4 is 10.6 Å². The van der Waals surface area contributed by atoms with Crippen molar-refractivity contribution in [3.63, 3.8) is 0 Å². The van der Waals surface area contributed by atoms with Gasteiger partial charge in [-0.3, -0.25) is 4.98 Å². The molecule has 0 atom stereocenters. The van der Waals surface area contributed by atoms with E-state index in [4.69, 9.17) is 0 Å². The molecule has 2 heterocycles. The van der Waals surface area contributed by atoms with Crippen LogP contribution in [0.25, 0.3) is 0 Å². The van der Waals surface area contributed by atoms with Crippen molar-refractivity contribution < 1.29 is 9.18 Å². The molecule has 0 unspecified atom stereocenters. The summed E-state index contributed by atoms with van der Waals surface area (Å²) in [5.74, 6) is -0.499. The smallest absolute Gasteiger partial charge is 0.319 e. The number of urea groups is 1. The van der Waals surface area contributed by atoms with Crippen molar-refractivity contribution in [1.82, 2.24) is 19.9 Å². The van der Waals surface area contributed by atoms with E-state index in [-0.39, 0.29) is 0 Å². The molecule has 6 nitrogen and oxygen atoms in total. The summed E-state index contributed by atoms with van der Waals surface area (Å²) in [4.78, 5) is 19.5. The highest BCUT2D eigenvalue weighted by Gasteiger charge is 2.03. The van der Waals surface area contributed by atoms with Gasteiger partial charge in [0.1, 0.15) is 5.82 Å². The molecule has 3 aromatic rings. The Bertz CT molecular complexity index is 802. The van der Waals surface area contributed by atoms with Gasteiger partial charge < -0.3 is 15.2 Å². The van der Waals surface area contributed by atoms with Gasteiger partial charge in [0.25, 0.3) is 0 Å². The van der Waals surface area contributed by atoms with Gasteiger partial charge in [-0.05, 0) is 11.1 Å². The van der Waals surface area contributed by atoms with E-state index in [9.17, 15) is 9.18 Å². The molecule has 2 N–H and O–H groups in total. The number of pyridine rings is 1. The van der Waals surface area contributed by atoms with Crippen LogP contribution in [0.2, 0.25) is 0 Å². The average molecular weight is 325 g/mol. The van der Waals surface area contributed by atoms with Crippen LogP contribution in [-0.2, 0) is 13.1 Å². The second-order valence-electron chi connectivity index (χ2n) is 5.25. The van der Waals surface area contributed by atoms with Crippen molar-refractivity contribution in [3.8, 4) is 0 Å². The Balaban J connectivity index is 1.50. The first-order valence-corrected chi connectivity index (χ1v) is 7.38. The SMILES string of the molecule is O=C(NCc1ccc(Cn2ccnc2)cc1)Nc1cncc(F)c1. The first kappa shape index (κ1) is 15.7. The van der Waals surface area contributed by atoms with Gasteiger partial charge in [0, 0.05) is 31.5 Å². The molecule has 0 spiro atoms. The molecule has 1 aromatic carbocycles. The van der Waals surface area contributed by atoms with E-state index in [0.717, 1.165) is 23.9 Å². The van der Waals surface area contributed by atoms with Gasteiger partial charge in [-0.2, -0.15) is 0 Å². The van der Waals surface area contributed by atoms with Crippen molar-refractivity contribution in [2.45, 2.75) is 13.1 Å². The first-order chi connectivity index (χ1) is 11.7. The summed E-state index contributed by atoms with van der Waals surface area (Å²) in [5.41, 5.74) is 2.42.